The highest BCUT2D eigenvalue weighted by molar-refractivity contribution is 5.73. The van der Waals surface area contributed by atoms with Gasteiger partial charge in [0.1, 0.15) is 11.5 Å². The van der Waals surface area contributed by atoms with Crippen molar-refractivity contribution in [3.63, 3.8) is 0 Å². The molecular formula is C32H39N3O3. The summed E-state index contributed by atoms with van der Waals surface area (Å²) in [4.78, 5) is 19.6. The topological polar surface area (TPSA) is 45.3 Å². The third-order valence-corrected chi connectivity index (χ3v) is 8.01. The number of amides is 1. The Kier molecular flexibility index (Phi) is 8.30. The molecule has 0 aliphatic carbocycles. The van der Waals surface area contributed by atoms with E-state index in [0.717, 1.165) is 56.3 Å². The van der Waals surface area contributed by atoms with Crippen LogP contribution >= 0.6 is 0 Å². The normalized spacial score (nSPS) is 20.3. The summed E-state index contributed by atoms with van der Waals surface area (Å²) in [5.74, 6) is 2.11. The summed E-state index contributed by atoms with van der Waals surface area (Å²) < 4.78 is 11.8. The molecule has 0 spiro atoms. The first-order valence-electron chi connectivity index (χ1n) is 13.7. The Labute approximate surface area is 226 Å². The smallest absolute Gasteiger partial charge is 0.219 e. The first-order valence-corrected chi connectivity index (χ1v) is 13.7. The van der Waals surface area contributed by atoms with Crippen LogP contribution in [0.4, 0.5) is 0 Å². The number of carbonyl (C=O) groups excluding carboxylic acids is 1. The first-order chi connectivity index (χ1) is 18.6. The summed E-state index contributed by atoms with van der Waals surface area (Å²) in [6, 6.07) is 28.3. The van der Waals surface area contributed by atoms with E-state index in [1.54, 1.807) is 14.0 Å². The molecule has 0 N–H and O–H groups in total. The lowest BCUT2D eigenvalue weighted by Crippen LogP contribution is -2.67. The summed E-state index contributed by atoms with van der Waals surface area (Å²) in [6.07, 6.45) is 0. The molecule has 200 valence electrons. The fourth-order valence-corrected chi connectivity index (χ4v) is 6.29. The summed E-state index contributed by atoms with van der Waals surface area (Å²) in [7, 11) is 1.72. The quantitative estimate of drug-likeness (QED) is 0.439. The van der Waals surface area contributed by atoms with Gasteiger partial charge in [0.05, 0.1) is 19.3 Å². The molecule has 2 atom stereocenters. The van der Waals surface area contributed by atoms with Gasteiger partial charge in [-0.3, -0.25) is 14.6 Å². The molecule has 2 saturated heterocycles. The Morgan fingerprint density at radius 1 is 0.868 bits per heavy atom. The van der Waals surface area contributed by atoms with E-state index in [1.165, 1.54) is 11.1 Å². The fourth-order valence-electron chi connectivity index (χ4n) is 6.29. The molecule has 0 saturated carbocycles. The second kappa shape index (κ2) is 12.0. The number of fused-ring (bicyclic) bond motifs is 1. The number of methoxy groups -OCH3 is 1. The van der Waals surface area contributed by atoms with E-state index in [9.17, 15) is 4.79 Å². The van der Waals surface area contributed by atoms with Gasteiger partial charge in [0.15, 0.2) is 0 Å². The zero-order valence-corrected chi connectivity index (χ0v) is 22.8. The lowest BCUT2D eigenvalue weighted by molar-refractivity contribution is -0.134. The summed E-state index contributed by atoms with van der Waals surface area (Å²) in [5.41, 5.74) is 3.73. The second-order valence-corrected chi connectivity index (χ2v) is 10.3. The lowest BCUT2D eigenvalue weighted by atomic mass is 9.81. The van der Waals surface area contributed by atoms with Gasteiger partial charge in [0.2, 0.25) is 5.91 Å². The monoisotopic (exact) mass is 513 g/mol. The molecule has 2 aliphatic heterocycles. The summed E-state index contributed by atoms with van der Waals surface area (Å²) in [5, 5.41) is 0. The SMILES string of the molecule is CCOc1cccc(OC)c1CN1C[C@@H]2CN(C(C)=O)CCN2[C@H](C(c2ccccc2)c2ccccc2)C1. The van der Waals surface area contributed by atoms with Crippen LogP contribution < -0.4 is 9.47 Å². The van der Waals surface area contributed by atoms with Gasteiger partial charge >= 0.3 is 0 Å². The lowest BCUT2D eigenvalue weighted by Gasteiger charge is -2.53. The van der Waals surface area contributed by atoms with Crippen molar-refractivity contribution in [3.8, 4) is 11.5 Å². The van der Waals surface area contributed by atoms with Gasteiger partial charge in [-0.05, 0) is 30.2 Å². The highest BCUT2D eigenvalue weighted by Gasteiger charge is 2.42. The zero-order chi connectivity index (χ0) is 26.5. The van der Waals surface area contributed by atoms with E-state index >= 15 is 0 Å². The number of hydrogen-bond acceptors (Lipinski definition) is 5. The molecule has 3 aromatic carbocycles. The van der Waals surface area contributed by atoms with Crippen LogP contribution in [-0.2, 0) is 11.3 Å². The number of piperazine rings is 2. The molecule has 2 aliphatic rings. The average Bonchev–Trinajstić information content (AvgIpc) is 2.95. The molecule has 2 fully saturated rings. The van der Waals surface area contributed by atoms with Gasteiger partial charge in [-0.15, -0.1) is 0 Å². The zero-order valence-electron chi connectivity index (χ0n) is 22.8. The van der Waals surface area contributed by atoms with E-state index < -0.39 is 0 Å². The predicted molar refractivity (Wildman–Crippen MR) is 151 cm³/mol. The molecule has 0 radical (unpaired) electrons. The highest BCUT2D eigenvalue weighted by atomic mass is 16.5. The minimum atomic E-state index is 0.157. The van der Waals surface area contributed by atoms with Gasteiger partial charge in [0.25, 0.3) is 0 Å². The number of nitrogens with zero attached hydrogens (tertiary/aromatic N) is 3. The van der Waals surface area contributed by atoms with Gasteiger partial charge in [-0.1, -0.05) is 66.7 Å². The van der Waals surface area contributed by atoms with E-state index in [0.29, 0.717) is 6.61 Å². The first kappa shape index (κ1) is 26.3. The van der Waals surface area contributed by atoms with E-state index in [1.807, 2.05) is 30.0 Å². The average molecular weight is 514 g/mol. The summed E-state index contributed by atoms with van der Waals surface area (Å²) in [6.45, 7) is 9.26. The van der Waals surface area contributed by atoms with Gasteiger partial charge < -0.3 is 14.4 Å². The molecule has 0 bridgehead atoms. The predicted octanol–water partition coefficient (Wildman–Crippen LogP) is 4.64. The molecule has 38 heavy (non-hydrogen) atoms. The second-order valence-electron chi connectivity index (χ2n) is 10.3. The number of ether oxygens (including phenoxy) is 2. The Balaban J connectivity index is 1.53. The standard InChI is InChI=1S/C32H39N3O3/c1-4-38-31-17-11-16-30(37-3)28(31)22-33-20-27-21-34(24(2)36)18-19-35(27)29(23-33)32(25-12-7-5-8-13-25)26-14-9-6-10-15-26/h5-17,27,29,32H,4,18-23H2,1-3H3/t27-,29+/m1/s1. The van der Waals surface area contributed by atoms with E-state index in [-0.39, 0.29) is 23.9 Å². The van der Waals surface area contributed by atoms with Crippen LogP contribution in [0.15, 0.2) is 78.9 Å². The van der Waals surface area contributed by atoms with Crippen LogP contribution in [0.3, 0.4) is 0 Å². The minimum absolute atomic E-state index is 0.157. The molecule has 5 rings (SSSR count). The molecule has 1 amide bonds. The Bertz CT molecular complexity index is 1160. The van der Waals surface area contributed by atoms with Crippen molar-refractivity contribution in [2.75, 3.05) is 46.4 Å². The third kappa shape index (κ3) is 5.57. The molecule has 2 heterocycles. The minimum Gasteiger partial charge on any atom is -0.496 e. The fraction of sp³-hybridized carbons (Fsp3) is 0.406. The van der Waals surface area contributed by atoms with Crippen molar-refractivity contribution in [3.05, 3.63) is 95.6 Å². The Hall–Kier alpha value is -3.35. The summed E-state index contributed by atoms with van der Waals surface area (Å²) >= 11 is 0. The molecular weight excluding hydrogens is 474 g/mol. The highest BCUT2D eigenvalue weighted by Crippen LogP contribution is 2.37. The number of benzene rings is 3. The molecule has 3 aromatic rings. The number of rotatable bonds is 8. The van der Waals surface area contributed by atoms with Crippen LogP contribution in [0.25, 0.3) is 0 Å². The molecule has 0 unspecified atom stereocenters. The van der Waals surface area contributed by atoms with Crippen molar-refractivity contribution in [2.24, 2.45) is 0 Å². The van der Waals surface area contributed by atoms with Gasteiger partial charge in [0, 0.05) is 64.2 Å². The van der Waals surface area contributed by atoms with Crippen molar-refractivity contribution < 1.29 is 14.3 Å². The molecule has 6 heteroatoms. The Morgan fingerprint density at radius 3 is 2.13 bits per heavy atom. The third-order valence-electron chi connectivity index (χ3n) is 8.01. The number of carbonyl (C=O) groups is 1. The largest absolute Gasteiger partial charge is 0.496 e. The van der Waals surface area contributed by atoms with Gasteiger partial charge in [-0.2, -0.15) is 0 Å². The maximum atomic E-state index is 12.4. The maximum absolute atomic E-state index is 12.4. The van der Waals surface area contributed by atoms with Crippen molar-refractivity contribution in [1.29, 1.82) is 0 Å². The van der Waals surface area contributed by atoms with Crippen molar-refractivity contribution in [2.45, 2.75) is 38.4 Å². The van der Waals surface area contributed by atoms with Crippen molar-refractivity contribution >= 4 is 5.91 Å². The molecule has 0 aromatic heterocycles. The van der Waals surface area contributed by atoms with E-state index in [2.05, 4.69) is 70.5 Å². The van der Waals surface area contributed by atoms with Crippen LogP contribution in [0.5, 0.6) is 11.5 Å². The Morgan fingerprint density at radius 2 is 1.53 bits per heavy atom. The van der Waals surface area contributed by atoms with Crippen molar-refractivity contribution in [1.82, 2.24) is 14.7 Å². The van der Waals surface area contributed by atoms with Crippen LogP contribution in [-0.4, -0.2) is 79.1 Å². The van der Waals surface area contributed by atoms with Crippen LogP contribution in [0.2, 0.25) is 0 Å². The van der Waals surface area contributed by atoms with Crippen LogP contribution in [0, 0.1) is 0 Å². The number of hydrogen-bond donors (Lipinski definition) is 0. The van der Waals surface area contributed by atoms with Crippen LogP contribution in [0.1, 0.15) is 36.5 Å². The van der Waals surface area contributed by atoms with E-state index in [4.69, 9.17) is 9.47 Å². The molecule has 6 nitrogen and oxygen atoms in total. The maximum Gasteiger partial charge on any atom is 0.219 e. The van der Waals surface area contributed by atoms with Gasteiger partial charge in [-0.25, -0.2) is 0 Å².